The summed E-state index contributed by atoms with van der Waals surface area (Å²) in [6.45, 7) is 4.75. The summed E-state index contributed by atoms with van der Waals surface area (Å²) >= 11 is 0. The molecule has 2 amide bonds. The number of amides is 2. The summed E-state index contributed by atoms with van der Waals surface area (Å²) in [6.07, 6.45) is -0.880. The molecule has 0 aliphatic carbocycles. The average Bonchev–Trinajstić information content (AvgIpc) is 2.46. The van der Waals surface area contributed by atoms with Crippen LogP contribution in [0.4, 0.5) is 4.79 Å². The Labute approximate surface area is 128 Å². The molecule has 7 nitrogen and oxygen atoms in total. The number of nitrogens with one attached hydrogen (secondary N) is 1. The number of carbonyl (C=O) groups is 3. The van der Waals surface area contributed by atoms with Gasteiger partial charge in [0.25, 0.3) is 5.91 Å². The molecule has 22 heavy (non-hydrogen) atoms. The maximum atomic E-state index is 11.4. The summed E-state index contributed by atoms with van der Waals surface area (Å²) in [5, 5.41) is 1.91. The second-order valence-electron chi connectivity index (χ2n) is 4.46. The Morgan fingerprint density at radius 1 is 1.05 bits per heavy atom. The van der Waals surface area contributed by atoms with Crippen molar-refractivity contribution in [2.24, 2.45) is 0 Å². The van der Waals surface area contributed by atoms with Crippen molar-refractivity contribution in [2.75, 3.05) is 19.8 Å². The van der Waals surface area contributed by atoms with Gasteiger partial charge in [-0.1, -0.05) is 6.07 Å². The zero-order chi connectivity index (χ0) is 16.5. The average molecular weight is 309 g/mol. The van der Waals surface area contributed by atoms with E-state index in [4.69, 9.17) is 4.74 Å². The number of imide groups is 1. The molecule has 0 aromatic heterocycles. The highest BCUT2D eigenvalue weighted by molar-refractivity contribution is 5.93. The van der Waals surface area contributed by atoms with E-state index in [-0.39, 0.29) is 13.2 Å². The molecule has 0 fully saturated rings. The van der Waals surface area contributed by atoms with Crippen LogP contribution in [0.5, 0.6) is 5.75 Å². The SMILES string of the molecule is CCOC(=O)NC(=O)COC(=O)COc1ccc(C)c(C)c1. The number of carbonyl (C=O) groups excluding carboxylic acids is 3. The molecule has 0 aliphatic heterocycles. The van der Waals surface area contributed by atoms with E-state index in [2.05, 4.69) is 9.47 Å². The van der Waals surface area contributed by atoms with E-state index in [0.29, 0.717) is 5.75 Å². The third-order valence-corrected chi connectivity index (χ3v) is 2.72. The van der Waals surface area contributed by atoms with Crippen molar-refractivity contribution in [3.8, 4) is 5.75 Å². The van der Waals surface area contributed by atoms with Crippen LogP contribution in [-0.2, 0) is 19.1 Å². The van der Waals surface area contributed by atoms with Crippen LogP contribution in [0, 0.1) is 13.8 Å². The lowest BCUT2D eigenvalue weighted by molar-refractivity contribution is -0.150. The van der Waals surface area contributed by atoms with Crippen molar-refractivity contribution in [3.05, 3.63) is 29.3 Å². The van der Waals surface area contributed by atoms with Gasteiger partial charge >= 0.3 is 12.1 Å². The van der Waals surface area contributed by atoms with Gasteiger partial charge in [-0.05, 0) is 44.0 Å². The van der Waals surface area contributed by atoms with Gasteiger partial charge in [0.15, 0.2) is 13.2 Å². The maximum absolute atomic E-state index is 11.4. The Kier molecular flexibility index (Phi) is 6.88. The van der Waals surface area contributed by atoms with Crippen molar-refractivity contribution in [3.63, 3.8) is 0 Å². The minimum absolute atomic E-state index is 0.142. The highest BCUT2D eigenvalue weighted by atomic mass is 16.6. The molecule has 1 rings (SSSR count). The van der Waals surface area contributed by atoms with Crippen LogP contribution in [0.2, 0.25) is 0 Å². The Bertz CT molecular complexity index is 555. The Balaban J connectivity index is 2.30. The number of ether oxygens (including phenoxy) is 3. The first-order valence-electron chi connectivity index (χ1n) is 6.74. The van der Waals surface area contributed by atoms with E-state index in [1.54, 1.807) is 19.1 Å². The fraction of sp³-hybridized carbons (Fsp3) is 0.400. The molecule has 0 saturated heterocycles. The lowest BCUT2D eigenvalue weighted by atomic mass is 10.1. The van der Waals surface area contributed by atoms with Gasteiger partial charge in [-0.3, -0.25) is 10.1 Å². The normalized spacial score (nSPS) is 9.77. The zero-order valence-electron chi connectivity index (χ0n) is 12.8. The first-order valence-corrected chi connectivity index (χ1v) is 6.74. The van der Waals surface area contributed by atoms with Gasteiger partial charge in [0.2, 0.25) is 0 Å². The number of aryl methyl sites for hydroxylation is 2. The smallest absolute Gasteiger partial charge is 0.413 e. The largest absolute Gasteiger partial charge is 0.482 e. The zero-order valence-corrected chi connectivity index (χ0v) is 12.8. The van der Waals surface area contributed by atoms with Crippen molar-refractivity contribution >= 4 is 18.0 Å². The minimum atomic E-state index is -0.880. The summed E-state index contributed by atoms with van der Waals surface area (Å²) in [6, 6.07) is 5.42. The van der Waals surface area contributed by atoms with Crippen molar-refractivity contribution in [1.29, 1.82) is 0 Å². The second kappa shape index (κ2) is 8.66. The van der Waals surface area contributed by atoms with Crippen molar-refractivity contribution < 1.29 is 28.6 Å². The van der Waals surface area contributed by atoms with Crippen LogP contribution in [0.1, 0.15) is 18.1 Å². The molecular formula is C15H19NO6. The first kappa shape index (κ1) is 17.5. The van der Waals surface area contributed by atoms with Crippen LogP contribution >= 0.6 is 0 Å². The molecule has 1 N–H and O–H groups in total. The van der Waals surface area contributed by atoms with Crippen LogP contribution < -0.4 is 10.1 Å². The minimum Gasteiger partial charge on any atom is -0.482 e. The van der Waals surface area contributed by atoms with Gasteiger partial charge in [-0.25, -0.2) is 9.59 Å². The number of hydrogen-bond donors (Lipinski definition) is 1. The Hall–Kier alpha value is -2.57. The second-order valence-corrected chi connectivity index (χ2v) is 4.46. The number of benzene rings is 1. The fourth-order valence-corrected chi connectivity index (χ4v) is 1.45. The fourth-order valence-electron chi connectivity index (χ4n) is 1.45. The third-order valence-electron chi connectivity index (χ3n) is 2.72. The predicted molar refractivity (Wildman–Crippen MR) is 77.5 cm³/mol. The Morgan fingerprint density at radius 3 is 2.41 bits per heavy atom. The molecule has 0 unspecified atom stereocenters. The van der Waals surface area contributed by atoms with Gasteiger partial charge in [-0.15, -0.1) is 0 Å². The molecule has 7 heteroatoms. The molecule has 0 heterocycles. The maximum Gasteiger partial charge on any atom is 0.413 e. The molecule has 0 radical (unpaired) electrons. The predicted octanol–water partition coefficient (Wildman–Crippen LogP) is 1.50. The summed E-state index contributed by atoms with van der Waals surface area (Å²) in [5.74, 6) is -0.939. The summed E-state index contributed by atoms with van der Waals surface area (Å²) in [5.41, 5.74) is 2.16. The standard InChI is InChI=1S/C15H19NO6/c1-4-20-15(19)16-13(17)8-22-14(18)9-21-12-6-5-10(2)11(3)7-12/h5-7H,4,8-9H2,1-3H3,(H,16,17,19). The first-order chi connectivity index (χ1) is 10.4. The molecule has 120 valence electrons. The third kappa shape index (κ3) is 6.25. The lowest BCUT2D eigenvalue weighted by Crippen LogP contribution is -2.35. The molecule has 0 atom stereocenters. The van der Waals surface area contributed by atoms with Gasteiger partial charge in [-0.2, -0.15) is 0 Å². The molecule has 1 aromatic rings. The topological polar surface area (TPSA) is 90.9 Å². The van der Waals surface area contributed by atoms with Crippen LogP contribution in [0.25, 0.3) is 0 Å². The van der Waals surface area contributed by atoms with Crippen LogP contribution in [0.15, 0.2) is 18.2 Å². The molecule has 1 aromatic carbocycles. The number of esters is 1. The van der Waals surface area contributed by atoms with Gasteiger partial charge in [0, 0.05) is 0 Å². The number of rotatable bonds is 6. The van der Waals surface area contributed by atoms with Crippen LogP contribution in [0.3, 0.4) is 0 Å². The summed E-state index contributed by atoms with van der Waals surface area (Å²) < 4.78 is 14.4. The summed E-state index contributed by atoms with van der Waals surface area (Å²) in [7, 11) is 0. The van der Waals surface area contributed by atoms with E-state index in [0.717, 1.165) is 11.1 Å². The van der Waals surface area contributed by atoms with E-state index >= 15 is 0 Å². The van der Waals surface area contributed by atoms with E-state index in [9.17, 15) is 14.4 Å². The molecule has 0 spiro atoms. The van der Waals surface area contributed by atoms with Crippen LogP contribution in [-0.4, -0.2) is 37.8 Å². The summed E-state index contributed by atoms with van der Waals surface area (Å²) in [4.78, 5) is 33.6. The number of hydrogen-bond acceptors (Lipinski definition) is 6. The molecule has 0 saturated carbocycles. The molecule has 0 bridgehead atoms. The molecular weight excluding hydrogens is 290 g/mol. The highest BCUT2D eigenvalue weighted by Gasteiger charge is 2.12. The Morgan fingerprint density at radius 2 is 1.77 bits per heavy atom. The number of alkyl carbamates (subject to hydrolysis) is 1. The molecule has 0 aliphatic rings. The quantitative estimate of drug-likeness (QED) is 0.801. The van der Waals surface area contributed by atoms with E-state index in [1.165, 1.54) is 0 Å². The van der Waals surface area contributed by atoms with Gasteiger partial charge in [0.05, 0.1) is 6.61 Å². The van der Waals surface area contributed by atoms with Crippen molar-refractivity contribution in [1.82, 2.24) is 5.32 Å². The van der Waals surface area contributed by atoms with Crippen molar-refractivity contribution in [2.45, 2.75) is 20.8 Å². The van der Waals surface area contributed by atoms with Gasteiger partial charge < -0.3 is 14.2 Å². The van der Waals surface area contributed by atoms with E-state index < -0.39 is 24.6 Å². The van der Waals surface area contributed by atoms with Gasteiger partial charge in [0.1, 0.15) is 5.75 Å². The van der Waals surface area contributed by atoms with E-state index in [1.807, 2.05) is 25.2 Å². The lowest BCUT2D eigenvalue weighted by Gasteiger charge is -2.08. The highest BCUT2D eigenvalue weighted by Crippen LogP contribution is 2.16. The monoisotopic (exact) mass is 309 g/mol.